The van der Waals surface area contributed by atoms with Gasteiger partial charge in [-0.3, -0.25) is 0 Å². The van der Waals surface area contributed by atoms with Crippen molar-refractivity contribution in [1.29, 1.82) is 0 Å². The standard InChI is InChI=1S/C7H12O3/c1-4-5-7(2,3)10-6(8)9/h4H,1,5H2,2-3H3,(H,8,9). The molecule has 0 heterocycles. The molecule has 0 unspecified atom stereocenters. The Kier molecular flexibility index (Phi) is 2.93. The molecule has 0 spiro atoms. The molecule has 0 amide bonds. The van der Waals surface area contributed by atoms with E-state index in [4.69, 9.17) is 5.11 Å². The molecule has 3 heteroatoms. The fraction of sp³-hybridized carbons (Fsp3) is 0.571. The molecule has 0 aliphatic carbocycles. The molecule has 1 N–H and O–H groups in total. The maximum atomic E-state index is 10.0. The van der Waals surface area contributed by atoms with Crippen LogP contribution in [-0.2, 0) is 4.74 Å². The van der Waals surface area contributed by atoms with Gasteiger partial charge in [-0.25, -0.2) is 4.79 Å². The summed E-state index contributed by atoms with van der Waals surface area (Å²) in [4.78, 5) is 10.0. The zero-order valence-electron chi connectivity index (χ0n) is 6.26. The van der Waals surface area contributed by atoms with Gasteiger partial charge >= 0.3 is 6.16 Å². The van der Waals surface area contributed by atoms with Crippen LogP contribution in [0.25, 0.3) is 0 Å². The van der Waals surface area contributed by atoms with Gasteiger partial charge in [-0.1, -0.05) is 6.08 Å². The van der Waals surface area contributed by atoms with Crippen LogP contribution in [0.2, 0.25) is 0 Å². The maximum Gasteiger partial charge on any atom is 0.506 e. The van der Waals surface area contributed by atoms with E-state index in [9.17, 15) is 4.79 Å². The van der Waals surface area contributed by atoms with Crippen LogP contribution in [0.1, 0.15) is 20.3 Å². The third-order valence-corrected chi connectivity index (χ3v) is 1.000. The Bertz CT molecular complexity index is 138. The molecule has 58 valence electrons. The van der Waals surface area contributed by atoms with Crippen LogP contribution < -0.4 is 0 Å². The van der Waals surface area contributed by atoms with Crippen molar-refractivity contribution in [2.45, 2.75) is 25.9 Å². The first-order chi connectivity index (χ1) is 4.48. The Labute approximate surface area is 60.3 Å². The van der Waals surface area contributed by atoms with Gasteiger partial charge in [0.05, 0.1) is 0 Å². The van der Waals surface area contributed by atoms with Gasteiger partial charge in [-0.2, -0.15) is 0 Å². The topological polar surface area (TPSA) is 46.5 Å². The first kappa shape index (κ1) is 9.01. The molecule has 0 atom stereocenters. The second-order valence-electron chi connectivity index (χ2n) is 2.62. The van der Waals surface area contributed by atoms with Crippen molar-refractivity contribution in [3.05, 3.63) is 12.7 Å². The van der Waals surface area contributed by atoms with Crippen LogP contribution in [0, 0.1) is 0 Å². The van der Waals surface area contributed by atoms with E-state index >= 15 is 0 Å². The van der Waals surface area contributed by atoms with Crippen molar-refractivity contribution in [2.75, 3.05) is 0 Å². The summed E-state index contributed by atoms with van der Waals surface area (Å²) in [5.41, 5.74) is -0.645. The van der Waals surface area contributed by atoms with Crippen LogP contribution in [0.4, 0.5) is 4.79 Å². The fourth-order valence-corrected chi connectivity index (χ4v) is 0.626. The molecular formula is C7H12O3. The SMILES string of the molecule is C=CCC(C)(C)OC(=O)O. The van der Waals surface area contributed by atoms with E-state index in [0.717, 1.165) is 0 Å². The van der Waals surface area contributed by atoms with E-state index in [-0.39, 0.29) is 0 Å². The zero-order valence-corrected chi connectivity index (χ0v) is 6.26. The van der Waals surface area contributed by atoms with E-state index in [1.54, 1.807) is 19.9 Å². The van der Waals surface area contributed by atoms with Gasteiger partial charge in [-0.05, 0) is 13.8 Å². The molecule has 0 fully saturated rings. The molecule has 0 saturated carbocycles. The summed E-state index contributed by atoms with van der Waals surface area (Å²) in [6.45, 7) is 6.87. The van der Waals surface area contributed by atoms with Gasteiger partial charge in [0.15, 0.2) is 0 Å². The first-order valence-electron chi connectivity index (χ1n) is 3.01. The van der Waals surface area contributed by atoms with Crippen molar-refractivity contribution >= 4 is 6.16 Å². The monoisotopic (exact) mass is 144 g/mol. The largest absolute Gasteiger partial charge is 0.506 e. The highest BCUT2D eigenvalue weighted by Crippen LogP contribution is 2.14. The van der Waals surface area contributed by atoms with Crippen molar-refractivity contribution in [3.8, 4) is 0 Å². The smallest absolute Gasteiger partial charge is 0.450 e. The minimum absolute atomic E-state index is 0.527. The Balaban J connectivity index is 3.85. The zero-order chi connectivity index (χ0) is 8.20. The molecule has 0 aromatic carbocycles. The number of hydrogen-bond donors (Lipinski definition) is 1. The number of ether oxygens (including phenoxy) is 1. The van der Waals surface area contributed by atoms with E-state index in [2.05, 4.69) is 11.3 Å². The minimum Gasteiger partial charge on any atom is -0.450 e. The summed E-state index contributed by atoms with van der Waals surface area (Å²) in [5.74, 6) is 0. The number of hydrogen-bond acceptors (Lipinski definition) is 2. The second kappa shape index (κ2) is 3.25. The number of carboxylic acid groups (broad SMARTS) is 1. The van der Waals surface area contributed by atoms with E-state index in [0.29, 0.717) is 6.42 Å². The Hall–Kier alpha value is -0.990. The lowest BCUT2D eigenvalue weighted by Crippen LogP contribution is -2.26. The van der Waals surface area contributed by atoms with Gasteiger partial charge in [0.25, 0.3) is 0 Å². The molecule has 0 aromatic rings. The van der Waals surface area contributed by atoms with Gasteiger partial charge < -0.3 is 9.84 Å². The average Bonchev–Trinajstić information content (AvgIpc) is 1.59. The molecule has 0 rings (SSSR count). The van der Waals surface area contributed by atoms with Crippen LogP contribution >= 0.6 is 0 Å². The van der Waals surface area contributed by atoms with Crippen LogP contribution in [0.15, 0.2) is 12.7 Å². The average molecular weight is 144 g/mol. The summed E-state index contributed by atoms with van der Waals surface area (Å²) in [5, 5.41) is 8.22. The third kappa shape index (κ3) is 3.95. The molecule has 0 saturated heterocycles. The number of rotatable bonds is 3. The molecule has 0 aromatic heterocycles. The molecule has 0 radical (unpaired) electrons. The van der Waals surface area contributed by atoms with Gasteiger partial charge in [-0.15, -0.1) is 6.58 Å². The summed E-state index contributed by atoms with van der Waals surface area (Å²) < 4.78 is 4.52. The van der Waals surface area contributed by atoms with Crippen molar-refractivity contribution in [3.63, 3.8) is 0 Å². The predicted octanol–water partition coefficient (Wildman–Crippen LogP) is 2.04. The Morgan fingerprint density at radius 1 is 1.80 bits per heavy atom. The summed E-state index contributed by atoms with van der Waals surface area (Å²) in [6.07, 6.45) is 0.911. The maximum absolute atomic E-state index is 10.0. The molecule has 0 aliphatic rings. The first-order valence-corrected chi connectivity index (χ1v) is 3.01. The second-order valence-corrected chi connectivity index (χ2v) is 2.62. The molecule has 3 nitrogen and oxygen atoms in total. The lowest BCUT2D eigenvalue weighted by molar-refractivity contribution is 0.00581. The summed E-state index contributed by atoms with van der Waals surface area (Å²) in [7, 11) is 0. The van der Waals surface area contributed by atoms with E-state index < -0.39 is 11.8 Å². The highest BCUT2D eigenvalue weighted by Gasteiger charge is 2.19. The number of carbonyl (C=O) groups is 1. The minimum atomic E-state index is -1.24. The molecule has 10 heavy (non-hydrogen) atoms. The predicted molar refractivity (Wildman–Crippen MR) is 38.0 cm³/mol. The normalized spacial score (nSPS) is 10.6. The van der Waals surface area contributed by atoms with Crippen LogP contribution in [0.5, 0.6) is 0 Å². The van der Waals surface area contributed by atoms with Crippen molar-refractivity contribution in [1.82, 2.24) is 0 Å². The lowest BCUT2D eigenvalue weighted by Gasteiger charge is -2.20. The highest BCUT2D eigenvalue weighted by atomic mass is 16.7. The third-order valence-electron chi connectivity index (χ3n) is 1.000. The summed E-state index contributed by atoms with van der Waals surface area (Å²) in [6, 6.07) is 0. The van der Waals surface area contributed by atoms with Gasteiger partial charge in [0, 0.05) is 6.42 Å². The molecule has 0 bridgehead atoms. The highest BCUT2D eigenvalue weighted by molar-refractivity contribution is 5.57. The lowest BCUT2D eigenvalue weighted by atomic mass is 10.1. The fourth-order valence-electron chi connectivity index (χ4n) is 0.626. The molecular weight excluding hydrogens is 132 g/mol. The Morgan fingerprint density at radius 3 is 2.60 bits per heavy atom. The van der Waals surface area contributed by atoms with Crippen molar-refractivity contribution in [2.24, 2.45) is 0 Å². The summed E-state index contributed by atoms with van der Waals surface area (Å²) >= 11 is 0. The Morgan fingerprint density at radius 2 is 2.30 bits per heavy atom. The van der Waals surface area contributed by atoms with Crippen LogP contribution in [-0.4, -0.2) is 16.9 Å². The van der Waals surface area contributed by atoms with Crippen LogP contribution in [0.3, 0.4) is 0 Å². The van der Waals surface area contributed by atoms with Crippen molar-refractivity contribution < 1.29 is 14.6 Å². The van der Waals surface area contributed by atoms with Gasteiger partial charge in [0.1, 0.15) is 5.60 Å². The van der Waals surface area contributed by atoms with E-state index in [1.165, 1.54) is 0 Å². The quantitative estimate of drug-likeness (QED) is 0.487. The van der Waals surface area contributed by atoms with Gasteiger partial charge in [0.2, 0.25) is 0 Å². The van der Waals surface area contributed by atoms with E-state index in [1.807, 2.05) is 0 Å². The molecule has 0 aliphatic heterocycles.